The third kappa shape index (κ3) is 4.77. The van der Waals surface area contributed by atoms with Crippen molar-refractivity contribution in [3.05, 3.63) is 51.9 Å². The van der Waals surface area contributed by atoms with E-state index >= 15 is 0 Å². The summed E-state index contributed by atoms with van der Waals surface area (Å²) in [6.07, 6.45) is 0. The standard InChI is InChI=1S/C21H23FN6O2S2/c1-5-30-20(29)17-16(15(10-23)18(24)32-17)11-31-21-26-25-19(12(2)27(3)4)28(21)14-8-6-13(22)7-9-14/h6-9,12H,5,11,24H2,1-4H3. The molecule has 0 saturated carbocycles. The number of hydrogen-bond acceptors (Lipinski definition) is 9. The van der Waals surface area contributed by atoms with Crippen LogP contribution in [-0.4, -0.2) is 46.3 Å². The molecule has 2 N–H and O–H groups in total. The fourth-order valence-electron chi connectivity index (χ4n) is 2.95. The van der Waals surface area contributed by atoms with Crippen LogP contribution in [0.4, 0.5) is 9.39 Å². The van der Waals surface area contributed by atoms with Gasteiger partial charge in [-0.1, -0.05) is 11.8 Å². The highest BCUT2D eigenvalue weighted by Gasteiger charge is 2.25. The number of hydrogen-bond donors (Lipinski definition) is 1. The molecule has 168 valence electrons. The van der Waals surface area contributed by atoms with Gasteiger partial charge in [0, 0.05) is 17.0 Å². The molecule has 11 heteroatoms. The molecular formula is C21H23FN6O2S2. The Morgan fingerprint density at radius 1 is 1.38 bits per heavy atom. The molecule has 0 spiro atoms. The van der Waals surface area contributed by atoms with Crippen LogP contribution < -0.4 is 5.73 Å². The monoisotopic (exact) mass is 474 g/mol. The lowest BCUT2D eigenvalue weighted by atomic mass is 10.2. The summed E-state index contributed by atoms with van der Waals surface area (Å²) in [7, 11) is 3.86. The Bertz CT molecular complexity index is 1150. The normalized spacial score (nSPS) is 12.0. The number of nitrogen functional groups attached to an aromatic ring is 1. The summed E-state index contributed by atoms with van der Waals surface area (Å²) in [4.78, 5) is 14.7. The third-order valence-corrected chi connectivity index (χ3v) is 6.84. The van der Waals surface area contributed by atoms with Crippen LogP contribution in [0.1, 0.15) is 46.5 Å². The predicted molar refractivity (Wildman–Crippen MR) is 122 cm³/mol. The van der Waals surface area contributed by atoms with Crippen LogP contribution in [0.15, 0.2) is 29.4 Å². The minimum absolute atomic E-state index is 0.0662. The van der Waals surface area contributed by atoms with Crippen LogP contribution >= 0.6 is 23.1 Å². The third-order valence-electron chi connectivity index (χ3n) is 4.84. The van der Waals surface area contributed by atoms with E-state index < -0.39 is 5.97 Å². The average Bonchev–Trinajstić information content (AvgIpc) is 3.32. The number of anilines is 1. The van der Waals surface area contributed by atoms with Crippen molar-refractivity contribution in [3.8, 4) is 11.8 Å². The number of thiophene rings is 1. The first-order valence-corrected chi connectivity index (χ1v) is 11.6. The maximum Gasteiger partial charge on any atom is 0.348 e. The van der Waals surface area contributed by atoms with Gasteiger partial charge in [0.1, 0.15) is 21.8 Å². The maximum atomic E-state index is 13.5. The minimum Gasteiger partial charge on any atom is -0.462 e. The fourth-order valence-corrected chi connectivity index (χ4v) is 4.96. The molecule has 32 heavy (non-hydrogen) atoms. The second-order valence-corrected chi connectivity index (χ2v) is 9.06. The van der Waals surface area contributed by atoms with Crippen LogP contribution in [0.5, 0.6) is 0 Å². The van der Waals surface area contributed by atoms with Gasteiger partial charge < -0.3 is 10.5 Å². The van der Waals surface area contributed by atoms with E-state index in [-0.39, 0.29) is 34.8 Å². The Kier molecular flexibility index (Phi) is 7.50. The number of halogens is 1. The Morgan fingerprint density at radius 3 is 2.66 bits per heavy atom. The van der Waals surface area contributed by atoms with Crippen LogP contribution in [0, 0.1) is 17.1 Å². The van der Waals surface area contributed by atoms with Crippen molar-refractivity contribution < 1.29 is 13.9 Å². The van der Waals surface area contributed by atoms with Crippen LogP contribution in [0.2, 0.25) is 0 Å². The number of esters is 1. The van der Waals surface area contributed by atoms with Crippen molar-refractivity contribution in [2.24, 2.45) is 0 Å². The summed E-state index contributed by atoms with van der Waals surface area (Å²) in [5, 5.41) is 19.1. The zero-order chi connectivity index (χ0) is 23.4. The largest absolute Gasteiger partial charge is 0.462 e. The van der Waals surface area contributed by atoms with E-state index in [1.54, 1.807) is 19.1 Å². The summed E-state index contributed by atoms with van der Waals surface area (Å²) < 4.78 is 20.5. The molecule has 0 amide bonds. The molecule has 0 aliphatic carbocycles. The van der Waals surface area contributed by atoms with Gasteiger partial charge >= 0.3 is 5.97 Å². The van der Waals surface area contributed by atoms with Gasteiger partial charge in [0.2, 0.25) is 0 Å². The van der Waals surface area contributed by atoms with Gasteiger partial charge in [-0.15, -0.1) is 21.5 Å². The summed E-state index contributed by atoms with van der Waals surface area (Å²) >= 11 is 2.35. The van der Waals surface area contributed by atoms with Crippen molar-refractivity contribution >= 4 is 34.1 Å². The van der Waals surface area contributed by atoms with Gasteiger partial charge in [-0.3, -0.25) is 9.47 Å². The average molecular weight is 475 g/mol. The van der Waals surface area contributed by atoms with Crippen molar-refractivity contribution in [2.75, 3.05) is 26.4 Å². The molecule has 0 fully saturated rings. The molecular weight excluding hydrogens is 451 g/mol. The maximum absolute atomic E-state index is 13.5. The van der Waals surface area contributed by atoms with Gasteiger partial charge in [0.25, 0.3) is 0 Å². The van der Waals surface area contributed by atoms with E-state index in [4.69, 9.17) is 10.5 Å². The summed E-state index contributed by atoms with van der Waals surface area (Å²) in [6, 6.07) is 8.07. The van der Waals surface area contributed by atoms with Crippen molar-refractivity contribution in [1.82, 2.24) is 19.7 Å². The van der Waals surface area contributed by atoms with E-state index in [0.717, 1.165) is 11.3 Å². The van der Waals surface area contributed by atoms with E-state index in [2.05, 4.69) is 16.3 Å². The lowest BCUT2D eigenvalue weighted by Gasteiger charge is -2.20. The molecule has 0 radical (unpaired) electrons. The van der Waals surface area contributed by atoms with E-state index in [0.29, 0.717) is 27.1 Å². The number of benzene rings is 1. The van der Waals surface area contributed by atoms with Crippen molar-refractivity contribution in [2.45, 2.75) is 30.8 Å². The molecule has 0 bridgehead atoms. The van der Waals surface area contributed by atoms with Gasteiger partial charge in [-0.05, 0) is 52.2 Å². The van der Waals surface area contributed by atoms with Gasteiger partial charge in [0.15, 0.2) is 11.0 Å². The number of aromatic nitrogens is 3. The molecule has 0 aliphatic heterocycles. The smallest absolute Gasteiger partial charge is 0.348 e. The molecule has 3 rings (SSSR count). The van der Waals surface area contributed by atoms with Crippen molar-refractivity contribution in [3.63, 3.8) is 0 Å². The molecule has 8 nitrogen and oxygen atoms in total. The number of rotatable bonds is 8. The highest BCUT2D eigenvalue weighted by molar-refractivity contribution is 7.98. The number of nitrogens with two attached hydrogens (primary N) is 1. The first kappa shape index (κ1) is 23.7. The second-order valence-electron chi connectivity index (χ2n) is 7.06. The fraction of sp³-hybridized carbons (Fsp3) is 0.333. The van der Waals surface area contributed by atoms with Crippen LogP contribution in [0.25, 0.3) is 5.69 Å². The number of carbonyl (C=O) groups is 1. The lowest BCUT2D eigenvalue weighted by molar-refractivity contribution is 0.0531. The Hall–Kier alpha value is -2.94. The topological polar surface area (TPSA) is 110 Å². The number of ether oxygens (including phenoxy) is 1. The lowest BCUT2D eigenvalue weighted by Crippen LogP contribution is -2.20. The first-order valence-electron chi connectivity index (χ1n) is 9.77. The Morgan fingerprint density at radius 2 is 2.06 bits per heavy atom. The molecule has 1 aromatic carbocycles. The zero-order valence-electron chi connectivity index (χ0n) is 18.1. The number of thioether (sulfide) groups is 1. The Labute approximate surface area is 193 Å². The summed E-state index contributed by atoms with van der Waals surface area (Å²) in [5.41, 5.74) is 7.45. The zero-order valence-corrected chi connectivity index (χ0v) is 19.8. The van der Waals surface area contributed by atoms with Gasteiger partial charge in [-0.2, -0.15) is 5.26 Å². The molecule has 1 atom stereocenters. The molecule has 2 aromatic heterocycles. The quantitative estimate of drug-likeness (QED) is 0.385. The number of nitriles is 1. The highest BCUT2D eigenvalue weighted by atomic mass is 32.2. The van der Waals surface area contributed by atoms with Gasteiger partial charge in [-0.25, -0.2) is 9.18 Å². The molecule has 0 saturated heterocycles. The second kappa shape index (κ2) is 10.1. The molecule has 1 unspecified atom stereocenters. The number of carbonyl (C=O) groups excluding carboxylic acids is 1. The van der Waals surface area contributed by atoms with Crippen molar-refractivity contribution in [1.29, 1.82) is 5.26 Å². The van der Waals surface area contributed by atoms with E-state index in [1.807, 2.05) is 30.5 Å². The molecule has 3 aromatic rings. The van der Waals surface area contributed by atoms with Gasteiger partial charge in [0.05, 0.1) is 18.2 Å². The minimum atomic E-state index is -0.511. The summed E-state index contributed by atoms with van der Waals surface area (Å²) in [6.45, 7) is 3.92. The SMILES string of the molecule is CCOC(=O)c1sc(N)c(C#N)c1CSc1nnc(C(C)N(C)C)n1-c1ccc(F)cc1. The highest BCUT2D eigenvalue weighted by Crippen LogP contribution is 2.36. The van der Waals surface area contributed by atoms with Crippen LogP contribution in [-0.2, 0) is 10.5 Å². The molecule has 2 heterocycles. The predicted octanol–water partition coefficient (Wildman–Crippen LogP) is 4.01. The number of nitrogens with zero attached hydrogens (tertiary/aromatic N) is 5. The van der Waals surface area contributed by atoms with Crippen LogP contribution in [0.3, 0.4) is 0 Å². The summed E-state index contributed by atoms with van der Waals surface area (Å²) in [5.74, 6) is 0.0912. The van der Waals surface area contributed by atoms with E-state index in [9.17, 15) is 14.4 Å². The first-order chi connectivity index (χ1) is 15.3. The Balaban J connectivity index is 2.01. The molecule has 0 aliphatic rings. The van der Waals surface area contributed by atoms with E-state index in [1.165, 1.54) is 23.9 Å².